The second-order valence-electron chi connectivity index (χ2n) is 7.33. The highest BCUT2D eigenvalue weighted by Crippen LogP contribution is 2.25. The van der Waals surface area contributed by atoms with Gasteiger partial charge in [0.2, 0.25) is 11.8 Å². The van der Waals surface area contributed by atoms with Gasteiger partial charge in [-0.3, -0.25) is 9.59 Å². The van der Waals surface area contributed by atoms with Gasteiger partial charge in [0, 0.05) is 30.5 Å². The quantitative estimate of drug-likeness (QED) is 0.864. The number of nitrogens with one attached hydrogen (secondary N) is 1. The normalized spacial score (nSPS) is 23.9. The number of hydrogen-bond donors (Lipinski definition) is 1. The van der Waals surface area contributed by atoms with Crippen molar-refractivity contribution in [1.82, 2.24) is 10.2 Å². The molecule has 0 aromatic carbocycles. The number of carbonyl (C=O) groups is 2. The van der Waals surface area contributed by atoms with Crippen LogP contribution < -0.4 is 5.32 Å². The summed E-state index contributed by atoms with van der Waals surface area (Å²) < 4.78 is 0. The molecule has 1 aliphatic heterocycles. The molecule has 1 N–H and O–H groups in total. The highest BCUT2D eigenvalue weighted by molar-refractivity contribution is 5.82. The summed E-state index contributed by atoms with van der Waals surface area (Å²) in [5, 5.41) is 3.09. The van der Waals surface area contributed by atoms with Crippen LogP contribution in [-0.4, -0.2) is 35.8 Å². The Bertz CT molecular complexity index is 358. The largest absolute Gasteiger partial charge is 0.351 e. The van der Waals surface area contributed by atoms with Crippen molar-refractivity contribution < 1.29 is 9.59 Å². The topological polar surface area (TPSA) is 49.4 Å². The number of rotatable bonds is 3. The van der Waals surface area contributed by atoms with Crippen molar-refractivity contribution in [2.45, 2.75) is 60.4 Å². The van der Waals surface area contributed by atoms with E-state index in [1.54, 1.807) is 0 Å². The molecule has 1 aliphatic rings. The van der Waals surface area contributed by atoms with E-state index in [-0.39, 0.29) is 29.2 Å². The molecule has 1 heterocycles. The Morgan fingerprint density at radius 2 is 1.85 bits per heavy atom. The van der Waals surface area contributed by atoms with Crippen molar-refractivity contribution in [2.75, 3.05) is 13.1 Å². The molecule has 2 unspecified atom stereocenters. The predicted octanol–water partition coefficient (Wildman–Crippen LogP) is 2.43. The lowest BCUT2D eigenvalue weighted by Gasteiger charge is -2.40. The van der Waals surface area contributed by atoms with Gasteiger partial charge in [-0.2, -0.15) is 0 Å². The van der Waals surface area contributed by atoms with Gasteiger partial charge in [0.15, 0.2) is 0 Å². The van der Waals surface area contributed by atoms with Gasteiger partial charge < -0.3 is 10.2 Å². The third-order valence-corrected chi connectivity index (χ3v) is 3.91. The molecular weight excluding hydrogens is 252 g/mol. The molecule has 0 aromatic heterocycles. The minimum Gasteiger partial charge on any atom is -0.351 e. The van der Waals surface area contributed by atoms with E-state index in [0.29, 0.717) is 12.5 Å². The van der Waals surface area contributed by atoms with Crippen LogP contribution >= 0.6 is 0 Å². The fraction of sp³-hybridized carbons (Fsp3) is 0.875. The Balaban J connectivity index is 2.74. The molecule has 4 nitrogen and oxygen atoms in total. The molecule has 0 spiro atoms. The summed E-state index contributed by atoms with van der Waals surface area (Å²) in [4.78, 5) is 26.3. The van der Waals surface area contributed by atoms with Crippen molar-refractivity contribution in [2.24, 2.45) is 17.3 Å². The third kappa shape index (κ3) is 4.50. The fourth-order valence-corrected chi connectivity index (χ4v) is 2.61. The van der Waals surface area contributed by atoms with E-state index in [1.165, 1.54) is 0 Å². The zero-order valence-electron chi connectivity index (χ0n) is 13.8. The van der Waals surface area contributed by atoms with Crippen molar-refractivity contribution in [1.29, 1.82) is 0 Å². The minimum atomic E-state index is -0.359. The molecule has 0 bridgehead atoms. The summed E-state index contributed by atoms with van der Waals surface area (Å²) in [7, 11) is 0. The molecule has 0 saturated carbocycles. The molecule has 2 atom stereocenters. The second-order valence-corrected chi connectivity index (χ2v) is 7.33. The molecule has 1 fully saturated rings. The summed E-state index contributed by atoms with van der Waals surface area (Å²) in [6, 6.07) is 0.0925. The van der Waals surface area contributed by atoms with Gasteiger partial charge in [-0.15, -0.1) is 0 Å². The van der Waals surface area contributed by atoms with E-state index in [4.69, 9.17) is 0 Å². The van der Waals surface area contributed by atoms with Crippen molar-refractivity contribution in [3.05, 3.63) is 0 Å². The van der Waals surface area contributed by atoms with Gasteiger partial charge in [-0.1, -0.05) is 48.0 Å². The van der Waals surface area contributed by atoms with Crippen LogP contribution in [0.25, 0.3) is 0 Å². The molecule has 0 aromatic rings. The second kappa shape index (κ2) is 6.59. The molecule has 1 rings (SSSR count). The van der Waals surface area contributed by atoms with Gasteiger partial charge >= 0.3 is 0 Å². The number of piperidine rings is 1. The molecule has 4 heteroatoms. The van der Waals surface area contributed by atoms with Gasteiger partial charge in [-0.05, 0) is 12.3 Å². The van der Waals surface area contributed by atoms with Crippen molar-refractivity contribution in [3.63, 3.8) is 0 Å². The zero-order valence-corrected chi connectivity index (χ0v) is 13.8. The number of amides is 2. The molecule has 0 radical (unpaired) electrons. The SMILES string of the molecule is CCC1CC(NC(=O)C(C)C)CN(C(=O)C(C)(C)C)C1. The maximum atomic E-state index is 12.5. The Labute approximate surface area is 123 Å². The highest BCUT2D eigenvalue weighted by Gasteiger charge is 2.34. The predicted molar refractivity (Wildman–Crippen MR) is 81.2 cm³/mol. The van der Waals surface area contributed by atoms with Crippen LogP contribution in [0.2, 0.25) is 0 Å². The summed E-state index contributed by atoms with van der Waals surface area (Å²) >= 11 is 0. The first kappa shape index (κ1) is 17.0. The Morgan fingerprint density at radius 3 is 2.30 bits per heavy atom. The number of nitrogens with zero attached hydrogens (tertiary/aromatic N) is 1. The van der Waals surface area contributed by atoms with E-state index in [0.717, 1.165) is 19.4 Å². The van der Waals surface area contributed by atoms with E-state index in [1.807, 2.05) is 39.5 Å². The van der Waals surface area contributed by atoms with Crippen LogP contribution in [0.5, 0.6) is 0 Å². The fourth-order valence-electron chi connectivity index (χ4n) is 2.61. The van der Waals surface area contributed by atoms with Gasteiger partial charge in [0.1, 0.15) is 0 Å². The molecule has 1 saturated heterocycles. The first-order valence-corrected chi connectivity index (χ1v) is 7.74. The average molecular weight is 282 g/mol. The molecule has 20 heavy (non-hydrogen) atoms. The van der Waals surface area contributed by atoms with Gasteiger partial charge in [0.05, 0.1) is 0 Å². The highest BCUT2D eigenvalue weighted by atomic mass is 16.2. The average Bonchev–Trinajstić information content (AvgIpc) is 2.36. The Kier molecular flexibility index (Phi) is 5.60. The Hall–Kier alpha value is -1.06. The van der Waals surface area contributed by atoms with E-state index >= 15 is 0 Å². The number of carbonyl (C=O) groups excluding carboxylic acids is 2. The Morgan fingerprint density at radius 1 is 1.25 bits per heavy atom. The van der Waals surface area contributed by atoms with Gasteiger partial charge in [0.25, 0.3) is 0 Å². The third-order valence-electron chi connectivity index (χ3n) is 3.91. The van der Waals surface area contributed by atoms with Crippen molar-refractivity contribution >= 4 is 11.8 Å². The summed E-state index contributed by atoms with van der Waals surface area (Å²) in [5.74, 6) is 0.727. The van der Waals surface area contributed by atoms with Crippen molar-refractivity contribution in [3.8, 4) is 0 Å². The molecular formula is C16H30N2O2. The monoisotopic (exact) mass is 282 g/mol. The summed E-state index contributed by atoms with van der Waals surface area (Å²) in [6.07, 6.45) is 2.02. The van der Waals surface area contributed by atoms with Crippen LogP contribution in [0, 0.1) is 17.3 Å². The van der Waals surface area contributed by atoms with Crippen LogP contribution in [-0.2, 0) is 9.59 Å². The van der Waals surface area contributed by atoms with Crippen LogP contribution in [0.1, 0.15) is 54.4 Å². The maximum Gasteiger partial charge on any atom is 0.228 e. The maximum absolute atomic E-state index is 12.5. The van der Waals surface area contributed by atoms with Crippen LogP contribution in [0.3, 0.4) is 0 Å². The first-order valence-electron chi connectivity index (χ1n) is 7.74. The number of hydrogen-bond acceptors (Lipinski definition) is 2. The van der Waals surface area contributed by atoms with E-state index in [2.05, 4.69) is 12.2 Å². The molecule has 116 valence electrons. The molecule has 0 aliphatic carbocycles. The summed E-state index contributed by atoms with van der Waals surface area (Å²) in [6.45, 7) is 13.3. The zero-order chi connectivity index (χ0) is 15.5. The number of likely N-dealkylation sites (tertiary alicyclic amines) is 1. The van der Waals surface area contributed by atoms with E-state index < -0.39 is 0 Å². The first-order chi connectivity index (χ1) is 9.15. The van der Waals surface area contributed by atoms with Crippen LogP contribution in [0.15, 0.2) is 0 Å². The van der Waals surface area contributed by atoms with Crippen LogP contribution in [0.4, 0.5) is 0 Å². The summed E-state index contributed by atoms with van der Waals surface area (Å²) in [5.41, 5.74) is -0.359. The van der Waals surface area contributed by atoms with Gasteiger partial charge in [-0.25, -0.2) is 0 Å². The lowest BCUT2D eigenvalue weighted by Crippen LogP contribution is -2.55. The minimum absolute atomic E-state index is 0.0104. The molecule has 2 amide bonds. The lowest BCUT2D eigenvalue weighted by molar-refractivity contribution is -0.142. The lowest BCUT2D eigenvalue weighted by atomic mass is 9.88. The van der Waals surface area contributed by atoms with E-state index in [9.17, 15) is 9.59 Å². The standard InChI is InChI=1S/C16H30N2O2/c1-7-12-8-13(17-14(19)11(2)3)10-18(9-12)15(20)16(4,5)6/h11-13H,7-10H2,1-6H3,(H,17,19). The smallest absolute Gasteiger partial charge is 0.228 e.